The van der Waals surface area contributed by atoms with Crippen molar-refractivity contribution < 1.29 is 22.0 Å². The van der Waals surface area contributed by atoms with Crippen molar-refractivity contribution >= 4 is 21.8 Å². The van der Waals surface area contributed by atoms with Crippen LogP contribution in [0.2, 0.25) is 0 Å². The van der Waals surface area contributed by atoms with E-state index in [4.69, 9.17) is 4.42 Å². The number of furan rings is 1. The second kappa shape index (κ2) is 7.23. The van der Waals surface area contributed by atoms with Crippen LogP contribution in [0.3, 0.4) is 0 Å². The van der Waals surface area contributed by atoms with Gasteiger partial charge in [0.05, 0.1) is 17.8 Å². The Kier molecular flexibility index (Phi) is 5.03. The molecule has 0 saturated carbocycles. The molecule has 1 atom stereocenters. The molecule has 1 aliphatic rings. The molecule has 7 heteroatoms. The molecule has 2 aromatic rings. The number of carbonyl (C=O) groups is 1. The summed E-state index contributed by atoms with van der Waals surface area (Å²) in [4.78, 5) is 14.2. The number of halogens is 1. The first-order chi connectivity index (χ1) is 11.9. The smallest absolute Gasteiger partial charge is 0.247 e. The molecule has 1 aromatic heterocycles. The largest absolute Gasteiger partial charge is 0.465 e. The monoisotopic (exact) mass is 363 g/mol. The Morgan fingerprint density at radius 2 is 2.04 bits per heavy atom. The quantitative estimate of drug-likeness (QED) is 0.766. The van der Waals surface area contributed by atoms with Gasteiger partial charge in [-0.25, -0.2) is 12.8 Å². The molecule has 2 heterocycles. The third-order valence-electron chi connectivity index (χ3n) is 4.13. The summed E-state index contributed by atoms with van der Waals surface area (Å²) in [5, 5.41) is 0. The lowest BCUT2D eigenvalue weighted by Gasteiger charge is -2.27. The van der Waals surface area contributed by atoms with Crippen molar-refractivity contribution in [3.8, 4) is 0 Å². The van der Waals surface area contributed by atoms with Gasteiger partial charge in [-0.1, -0.05) is 12.1 Å². The highest BCUT2D eigenvalue weighted by Crippen LogP contribution is 2.21. The van der Waals surface area contributed by atoms with Crippen molar-refractivity contribution in [2.24, 2.45) is 0 Å². The maximum atomic E-state index is 13.1. The van der Waals surface area contributed by atoms with E-state index in [0.717, 1.165) is 5.56 Å². The zero-order valence-electron chi connectivity index (χ0n) is 13.5. The Morgan fingerprint density at radius 1 is 1.28 bits per heavy atom. The molecule has 0 radical (unpaired) electrons. The first kappa shape index (κ1) is 17.4. The number of benzene rings is 1. The number of hydrogen-bond acceptors (Lipinski definition) is 4. The van der Waals surface area contributed by atoms with Crippen LogP contribution in [0, 0.1) is 5.82 Å². The third kappa shape index (κ3) is 4.57. The minimum absolute atomic E-state index is 0.0471. The molecular weight excluding hydrogens is 345 g/mol. The van der Waals surface area contributed by atoms with Gasteiger partial charge in [-0.05, 0) is 42.3 Å². The van der Waals surface area contributed by atoms with Crippen molar-refractivity contribution in [1.82, 2.24) is 4.90 Å². The van der Waals surface area contributed by atoms with E-state index in [-0.39, 0.29) is 35.8 Å². The van der Waals surface area contributed by atoms with Crippen LogP contribution < -0.4 is 0 Å². The van der Waals surface area contributed by atoms with Gasteiger partial charge in [-0.3, -0.25) is 4.79 Å². The van der Waals surface area contributed by atoms with Crippen molar-refractivity contribution in [2.45, 2.75) is 19.0 Å². The molecule has 1 unspecified atom stereocenters. The molecule has 0 aliphatic carbocycles. The van der Waals surface area contributed by atoms with Crippen molar-refractivity contribution in [1.29, 1.82) is 0 Å². The molecule has 0 bridgehead atoms. The molecule has 5 nitrogen and oxygen atoms in total. The normalized spacial score (nSPS) is 19.3. The van der Waals surface area contributed by atoms with E-state index in [0.29, 0.717) is 12.2 Å². The zero-order chi connectivity index (χ0) is 17.9. The number of rotatable bonds is 5. The standard InChI is InChI=1S/C18H18FNO4S/c19-15-5-3-14(4-6-15)12-20(16-9-11-25(22,23)13-16)18(21)8-7-17-2-1-10-24-17/h1-8,10,16H,9,11-13H2. The highest BCUT2D eigenvalue weighted by molar-refractivity contribution is 7.91. The maximum absolute atomic E-state index is 13.1. The third-order valence-corrected chi connectivity index (χ3v) is 5.88. The van der Waals surface area contributed by atoms with Gasteiger partial charge in [0.15, 0.2) is 9.84 Å². The van der Waals surface area contributed by atoms with Crippen LogP contribution in [0.1, 0.15) is 17.7 Å². The Balaban J connectivity index is 1.80. The van der Waals surface area contributed by atoms with E-state index in [9.17, 15) is 17.6 Å². The predicted molar refractivity (Wildman–Crippen MR) is 91.8 cm³/mol. The van der Waals surface area contributed by atoms with E-state index < -0.39 is 9.84 Å². The Bertz CT molecular complexity index is 857. The van der Waals surface area contributed by atoms with E-state index in [2.05, 4.69) is 0 Å². The molecule has 1 aromatic carbocycles. The topological polar surface area (TPSA) is 67.6 Å². The minimum Gasteiger partial charge on any atom is -0.465 e. The average Bonchev–Trinajstić information content (AvgIpc) is 3.21. The summed E-state index contributed by atoms with van der Waals surface area (Å²) in [6.07, 6.45) is 4.82. The molecule has 25 heavy (non-hydrogen) atoms. The van der Waals surface area contributed by atoms with Gasteiger partial charge < -0.3 is 9.32 Å². The summed E-state index contributed by atoms with van der Waals surface area (Å²) < 4.78 is 41.8. The fourth-order valence-corrected chi connectivity index (χ4v) is 4.56. The Hall–Kier alpha value is -2.41. The number of nitrogens with zero attached hydrogens (tertiary/aromatic N) is 1. The first-order valence-electron chi connectivity index (χ1n) is 7.90. The first-order valence-corrected chi connectivity index (χ1v) is 9.72. The van der Waals surface area contributed by atoms with Crippen LogP contribution in [-0.2, 0) is 21.2 Å². The summed E-state index contributed by atoms with van der Waals surface area (Å²) in [7, 11) is -3.13. The second-order valence-electron chi connectivity index (χ2n) is 6.00. The van der Waals surface area contributed by atoms with Crippen molar-refractivity contribution in [3.63, 3.8) is 0 Å². The van der Waals surface area contributed by atoms with Gasteiger partial charge in [-0.2, -0.15) is 0 Å². The predicted octanol–water partition coefficient (Wildman–Crippen LogP) is 2.65. The van der Waals surface area contributed by atoms with Crippen molar-refractivity contribution in [3.05, 3.63) is 65.9 Å². The van der Waals surface area contributed by atoms with Crippen LogP contribution in [0.5, 0.6) is 0 Å². The van der Waals surface area contributed by atoms with E-state index >= 15 is 0 Å². The molecule has 1 saturated heterocycles. The maximum Gasteiger partial charge on any atom is 0.247 e. The zero-order valence-corrected chi connectivity index (χ0v) is 14.3. The van der Waals surface area contributed by atoms with E-state index in [1.165, 1.54) is 29.4 Å². The average molecular weight is 363 g/mol. The van der Waals surface area contributed by atoms with E-state index in [1.807, 2.05) is 0 Å². The molecule has 1 amide bonds. The number of sulfone groups is 1. The minimum atomic E-state index is -3.13. The van der Waals surface area contributed by atoms with Crippen LogP contribution in [0.25, 0.3) is 6.08 Å². The number of amides is 1. The van der Waals surface area contributed by atoms with E-state index in [1.54, 1.807) is 30.3 Å². The number of carbonyl (C=O) groups excluding carboxylic acids is 1. The van der Waals surface area contributed by atoms with Gasteiger partial charge in [0, 0.05) is 18.7 Å². The molecule has 3 rings (SSSR count). The lowest BCUT2D eigenvalue weighted by molar-refractivity contribution is -0.128. The van der Waals surface area contributed by atoms with Crippen LogP contribution in [0.4, 0.5) is 4.39 Å². The van der Waals surface area contributed by atoms with Gasteiger partial charge in [0.25, 0.3) is 0 Å². The fraction of sp³-hybridized carbons (Fsp3) is 0.278. The fourth-order valence-electron chi connectivity index (χ4n) is 2.83. The Labute approximate surface area is 145 Å². The molecule has 1 aliphatic heterocycles. The summed E-state index contributed by atoms with van der Waals surface area (Å²) in [5.74, 6) is -0.0962. The lowest BCUT2D eigenvalue weighted by atomic mass is 10.1. The summed E-state index contributed by atoms with van der Waals surface area (Å²) in [6.45, 7) is 0.224. The molecule has 132 valence electrons. The lowest BCUT2D eigenvalue weighted by Crippen LogP contribution is -2.39. The molecular formula is C18H18FNO4S. The summed E-state index contributed by atoms with van der Waals surface area (Å²) in [6, 6.07) is 8.87. The molecule has 0 spiro atoms. The summed E-state index contributed by atoms with van der Waals surface area (Å²) >= 11 is 0. The molecule has 1 fully saturated rings. The van der Waals surface area contributed by atoms with Crippen molar-refractivity contribution in [2.75, 3.05) is 11.5 Å². The van der Waals surface area contributed by atoms with Gasteiger partial charge in [-0.15, -0.1) is 0 Å². The van der Waals surface area contributed by atoms with Gasteiger partial charge in [0.1, 0.15) is 11.6 Å². The second-order valence-corrected chi connectivity index (χ2v) is 8.23. The highest BCUT2D eigenvalue weighted by Gasteiger charge is 2.34. The summed E-state index contributed by atoms with van der Waals surface area (Å²) in [5.41, 5.74) is 0.741. The molecule has 0 N–H and O–H groups in total. The van der Waals surface area contributed by atoms with Crippen LogP contribution in [-0.4, -0.2) is 36.8 Å². The SMILES string of the molecule is O=C(C=Cc1ccco1)N(Cc1ccc(F)cc1)C1CCS(=O)(=O)C1. The van der Waals surface area contributed by atoms with Gasteiger partial charge >= 0.3 is 0 Å². The Morgan fingerprint density at radius 3 is 2.64 bits per heavy atom. The number of hydrogen-bond donors (Lipinski definition) is 0. The van der Waals surface area contributed by atoms with Crippen LogP contribution in [0.15, 0.2) is 53.2 Å². The highest BCUT2D eigenvalue weighted by atomic mass is 32.2. The van der Waals surface area contributed by atoms with Gasteiger partial charge in [0.2, 0.25) is 5.91 Å². The van der Waals surface area contributed by atoms with Crippen LogP contribution >= 0.6 is 0 Å².